The first-order chi connectivity index (χ1) is 9.56. The molecule has 0 saturated heterocycles. The molecule has 0 radical (unpaired) electrons. The standard InChI is InChI=1S/C16H21NO3/c1-11(18)9-17-10-15-7-8-16(20-15)14-5-3-13(4-6-14)12(2)19/h3-8,11-12,17-19H,9-10H2,1-2H3/p+1/t11-,12-/m0/s1. The lowest BCUT2D eigenvalue weighted by molar-refractivity contribution is -0.677. The summed E-state index contributed by atoms with van der Waals surface area (Å²) < 4.78 is 5.78. The molecule has 0 aliphatic heterocycles. The summed E-state index contributed by atoms with van der Waals surface area (Å²) in [6.07, 6.45) is -0.760. The van der Waals surface area contributed by atoms with E-state index in [2.05, 4.69) is 0 Å². The minimum Gasteiger partial charge on any atom is -0.455 e. The van der Waals surface area contributed by atoms with Gasteiger partial charge in [0, 0.05) is 5.56 Å². The first kappa shape index (κ1) is 14.8. The predicted molar refractivity (Wildman–Crippen MR) is 77.0 cm³/mol. The summed E-state index contributed by atoms with van der Waals surface area (Å²) in [6, 6.07) is 11.6. The fourth-order valence-corrected chi connectivity index (χ4v) is 2.04. The van der Waals surface area contributed by atoms with E-state index >= 15 is 0 Å². The fraction of sp³-hybridized carbons (Fsp3) is 0.375. The summed E-state index contributed by atoms with van der Waals surface area (Å²) in [5, 5.41) is 20.7. The van der Waals surface area contributed by atoms with Crippen LogP contribution >= 0.6 is 0 Å². The molecule has 108 valence electrons. The highest BCUT2D eigenvalue weighted by Gasteiger charge is 2.08. The number of hydrogen-bond acceptors (Lipinski definition) is 3. The molecule has 0 unspecified atom stereocenters. The molecule has 2 rings (SSSR count). The third-order valence-electron chi connectivity index (χ3n) is 3.19. The number of aliphatic hydroxyl groups is 2. The SMILES string of the molecule is C[C@H](O)C[NH2+]Cc1ccc(-c2ccc([C@H](C)O)cc2)o1. The van der Waals surface area contributed by atoms with Crippen LogP contribution in [0.2, 0.25) is 0 Å². The Kier molecular flexibility index (Phi) is 4.95. The molecule has 0 fully saturated rings. The lowest BCUT2D eigenvalue weighted by Crippen LogP contribution is -2.84. The molecule has 2 atom stereocenters. The molecular weight excluding hydrogens is 254 g/mol. The Morgan fingerprint density at radius 1 is 1.05 bits per heavy atom. The number of benzene rings is 1. The van der Waals surface area contributed by atoms with Crippen molar-refractivity contribution in [2.45, 2.75) is 32.6 Å². The number of rotatable bonds is 6. The van der Waals surface area contributed by atoms with Gasteiger partial charge in [-0.2, -0.15) is 0 Å². The summed E-state index contributed by atoms with van der Waals surface area (Å²) in [5.74, 6) is 1.71. The zero-order valence-electron chi connectivity index (χ0n) is 11.9. The summed E-state index contributed by atoms with van der Waals surface area (Å²) in [5.41, 5.74) is 1.89. The fourth-order valence-electron chi connectivity index (χ4n) is 2.04. The Balaban J connectivity index is 2.01. The van der Waals surface area contributed by atoms with Crippen molar-refractivity contribution in [3.63, 3.8) is 0 Å². The molecular formula is C16H22NO3+. The molecule has 1 heterocycles. The molecule has 0 aliphatic carbocycles. The molecule has 0 spiro atoms. The maximum absolute atomic E-state index is 9.48. The second kappa shape index (κ2) is 6.70. The molecule has 1 aromatic carbocycles. The quantitative estimate of drug-likeness (QED) is 0.748. The van der Waals surface area contributed by atoms with Crippen molar-refractivity contribution >= 4 is 0 Å². The molecule has 20 heavy (non-hydrogen) atoms. The Hall–Kier alpha value is -1.62. The average Bonchev–Trinajstić information content (AvgIpc) is 2.87. The van der Waals surface area contributed by atoms with E-state index in [4.69, 9.17) is 4.42 Å². The van der Waals surface area contributed by atoms with Gasteiger partial charge in [0.1, 0.15) is 18.8 Å². The van der Waals surface area contributed by atoms with Crippen LogP contribution in [0.25, 0.3) is 11.3 Å². The van der Waals surface area contributed by atoms with Crippen molar-refractivity contribution in [1.82, 2.24) is 0 Å². The first-order valence-corrected chi connectivity index (χ1v) is 6.93. The van der Waals surface area contributed by atoms with Crippen LogP contribution in [0.4, 0.5) is 0 Å². The maximum atomic E-state index is 9.48. The summed E-state index contributed by atoms with van der Waals surface area (Å²) >= 11 is 0. The van der Waals surface area contributed by atoms with Gasteiger partial charge in [-0.05, 0) is 31.5 Å². The molecule has 4 N–H and O–H groups in total. The van der Waals surface area contributed by atoms with Crippen LogP contribution in [0.1, 0.15) is 31.3 Å². The number of nitrogens with two attached hydrogens (primary N) is 1. The second-order valence-electron chi connectivity index (χ2n) is 5.14. The first-order valence-electron chi connectivity index (χ1n) is 6.93. The Morgan fingerprint density at radius 2 is 1.75 bits per heavy atom. The zero-order valence-corrected chi connectivity index (χ0v) is 11.9. The van der Waals surface area contributed by atoms with Crippen molar-refractivity contribution in [3.8, 4) is 11.3 Å². The van der Waals surface area contributed by atoms with Gasteiger partial charge in [0.25, 0.3) is 0 Å². The van der Waals surface area contributed by atoms with Crippen molar-refractivity contribution < 1.29 is 19.9 Å². The van der Waals surface area contributed by atoms with Gasteiger partial charge in [0.05, 0.1) is 12.2 Å². The van der Waals surface area contributed by atoms with Gasteiger partial charge in [-0.3, -0.25) is 0 Å². The molecule has 0 amide bonds. The van der Waals surface area contributed by atoms with Gasteiger partial charge in [0.2, 0.25) is 0 Å². The number of furan rings is 1. The molecule has 4 nitrogen and oxygen atoms in total. The minimum absolute atomic E-state index is 0.308. The van der Waals surface area contributed by atoms with E-state index in [0.717, 1.165) is 29.2 Å². The van der Waals surface area contributed by atoms with Crippen LogP contribution in [0.5, 0.6) is 0 Å². The molecule has 1 aromatic heterocycles. The lowest BCUT2D eigenvalue weighted by Gasteiger charge is -2.05. The van der Waals surface area contributed by atoms with E-state index in [9.17, 15) is 10.2 Å². The smallest absolute Gasteiger partial charge is 0.158 e. The van der Waals surface area contributed by atoms with E-state index in [-0.39, 0.29) is 6.10 Å². The van der Waals surface area contributed by atoms with E-state index in [1.165, 1.54) is 0 Å². The Morgan fingerprint density at radius 3 is 2.35 bits per heavy atom. The minimum atomic E-state index is -0.453. The van der Waals surface area contributed by atoms with Gasteiger partial charge < -0.3 is 19.9 Å². The van der Waals surface area contributed by atoms with Gasteiger partial charge in [-0.15, -0.1) is 0 Å². The van der Waals surface area contributed by atoms with Crippen molar-refractivity contribution in [1.29, 1.82) is 0 Å². The van der Waals surface area contributed by atoms with Gasteiger partial charge in [-0.25, -0.2) is 0 Å². The van der Waals surface area contributed by atoms with Crippen LogP contribution in [0.3, 0.4) is 0 Å². The summed E-state index contributed by atoms with van der Waals surface area (Å²) in [7, 11) is 0. The van der Waals surface area contributed by atoms with Gasteiger partial charge in [0.15, 0.2) is 5.76 Å². The molecule has 4 heteroatoms. The van der Waals surface area contributed by atoms with Crippen LogP contribution in [-0.4, -0.2) is 22.9 Å². The van der Waals surface area contributed by atoms with Crippen molar-refractivity contribution in [3.05, 3.63) is 47.7 Å². The van der Waals surface area contributed by atoms with Crippen LogP contribution in [0, 0.1) is 0 Å². The van der Waals surface area contributed by atoms with E-state index < -0.39 is 6.10 Å². The zero-order chi connectivity index (χ0) is 14.5. The van der Waals surface area contributed by atoms with Crippen LogP contribution in [-0.2, 0) is 6.54 Å². The highest BCUT2D eigenvalue weighted by molar-refractivity contribution is 5.58. The van der Waals surface area contributed by atoms with Gasteiger partial charge >= 0.3 is 0 Å². The van der Waals surface area contributed by atoms with E-state index in [0.29, 0.717) is 6.54 Å². The third kappa shape index (κ3) is 3.93. The second-order valence-corrected chi connectivity index (χ2v) is 5.14. The lowest BCUT2D eigenvalue weighted by atomic mass is 10.1. The molecule has 0 aliphatic rings. The van der Waals surface area contributed by atoms with Crippen LogP contribution < -0.4 is 5.32 Å². The number of hydrogen-bond donors (Lipinski definition) is 3. The monoisotopic (exact) mass is 276 g/mol. The number of aliphatic hydroxyl groups excluding tert-OH is 2. The van der Waals surface area contributed by atoms with Crippen LogP contribution in [0.15, 0.2) is 40.8 Å². The topological polar surface area (TPSA) is 70.2 Å². The Labute approximate surface area is 119 Å². The molecule has 0 bridgehead atoms. The van der Waals surface area contributed by atoms with E-state index in [1.54, 1.807) is 13.8 Å². The predicted octanol–water partition coefficient (Wildman–Crippen LogP) is 1.44. The van der Waals surface area contributed by atoms with Gasteiger partial charge in [-0.1, -0.05) is 24.3 Å². The summed E-state index contributed by atoms with van der Waals surface area (Å²) in [4.78, 5) is 0. The maximum Gasteiger partial charge on any atom is 0.158 e. The van der Waals surface area contributed by atoms with Crippen molar-refractivity contribution in [2.75, 3.05) is 6.54 Å². The molecule has 2 aromatic rings. The van der Waals surface area contributed by atoms with Crippen molar-refractivity contribution in [2.24, 2.45) is 0 Å². The largest absolute Gasteiger partial charge is 0.455 e. The summed E-state index contributed by atoms with van der Waals surface area (Å²) in [6.45, 7) is 4.90. The Bertz CT molecular complexity index is 529. The van der Waals surface area contributed by atoms with E-state index in [1.807, 2.05) is 41.7 Å². The highest BCUT2D eigenvalue weighted by Crippen LogP contribution is 2.23. The highest BCUT2D eigenvalue weighted by atomic mass is 16.3. The third-order valence-corrected chi connectivity index (χ3v) is 3.19. The number of quaternary nitrogens is 1. The molecule has 0 saturated carbocycles. The normalized spacial score (nSPS) is 14.2. The average molecular weight is 276 g/mol.